The number of primary amides is 1. The lowest BCUT2D eigenvalue weighted by molar-refractivity contribution is -0.122. The average Bonchev–Trinajstić information content (AvgIpc) is 2.26. The average molecular weight is 302 g/mol. The number of nitrogens with two attached hydrogens (primary N) is 1. The molecule has 1 rings (SSSR count). The van der Waals surface area contributed by atoms with Crippen LogP contribution in [0, 0.1) is 12.8 Å². The molecule has 1 amide bonds. The molecule has 1 unspecified atom stereocenters. The van der Waals surface area contributed by atoms with Crippen LogP contribution in [0.5, 0.6) is 5.75 Å². The van der Waals surface area contributed by atoms with Crippen LogP contribution in [-0.2, 0) is 11.4 Å². The van der Waals surface area contributed by atoms with Crippen LogP contribution in [0.1, 0.15) is 18.1 Å². The maximum atomic E-state index is 10.9. The molecular formula is C12H16BrNO3. The van der Waals surface area contributed by atoms with Crippen molar-refractivity contribution in [2.75, 3.05) is 6.61 Å². The predicted octanol–water partition coefficient (Wildman–Crippen LogP) is 1.75. The fourth-order valence-electron chi connectivity index (χ4n) is 1.41. The van der Waals surface area contributed by atoms with Gasteiger partial charge in [-0.25, -0.2) is 0 Å². The highest BCUT2D eigenvalue weighted by Gasteiger charge is 2.13. The Hall–Kier alpha value is -1.07. The number of ether oxygens (including phenoxy) is 1. The monoisotopic (exact) mass is 301 g/mol. The number of aliphatic hydroxyl groups excluding tert-OH is 1. The molecule has 5 heteroatoms. The van der Waals surface area contributed by atoms with Crippen LogP contribution in [0.15, 0.2) is 16.6 Å². The second-order valence-corrected chi connectivity index (χ2v) is 4.90. The molecule has 0 aliphatic rings. The number of aryl methyl sites for hydroxylation is 1. The molecule has 0 radical (unpaired) electrons. The van der Waals surface area contributed by atoms with Gasteiger partial charge in [-0.3, -0.25) is 4.79 Å². The third kappa shape index (κ3) is 3.71. The molecule has 0 bridgehead atoms. The van der Waals surface area contributed by atoms with Crippen LogP contribution in [0.3, 0.4) is 0 Å². The van der Waals surface area contributed by atoms with Crippen molar-refractivity contribution in [2.45, 2.75) is 20.5 Å². The Labute approximate surface area is 109 Å². The first kappa shape index (κ1) is 14.0. The third-order valence-electron chi connectivity index (χ3n) is 2.45. The fourth-order valence-corrected chi connectivity index (χ4v) is 2.03. The van der Waals surface area contributed by atoms with E-state index >= 15 is 0 Å². The van der Waals surface area contributed by atoms with E-state index in [0.29, 0.717) is 11.3 Å². The summed E-state index contributed by atoms with van der Waals surface area (Å²) in [6.45, 7) is 3.69. The predicted molar refractivity (Wildman–Crippen MR) is 68.7 cm³/mol. The minimum Gasteiger partial charge on any atom is -0.492 e. The molecule has 0 saturated heterocycles. The van der Waals surface area contributed by atoms with E-state index in [4.69, 9.17) is 10.5 Å². The lowest BCUT2D eigenvalue weighted by Gasteiger charge is -2.15. The Morgan fingerprint density at radius 2 is 2.24 bits per heavy atom. The van der Waals surface area contributed by atoms with Gasteiger partial charge in [-0.05, 0) is 24.6 Å². The van der Waals surface area contributed by atoms with Crippen molar-refractivity contribution in [3.8, 4) is 5.75 Å². The van der Waals surface area contributed by atoms with E-state index in [-0.39, 0.29) is 19.1 Å². The molecule has 0 aromatic heterocycles. The number of hydrogen-bond acceptors (Lipinski definition) is 3. The largest absolute Gasteiger partial charge is 0.492 e. The molecule has 0 aliphatic heterocycles. The van der Waals surface area contributed by atoms with Gasteiger partial charge in [-0.2, -0.15) is 0 Å². The van der Waals surface area contributed by atoms with Crippen molar-refractivity contribution in [3.05, 3.63) is 27.7 Å². The van der Waals surface area contributed by atoms with Gasteiger partial charge in [0, 0.05) is 10.0 Å². The van der Waals surface area contributed by atoms with Crippen LogP contribution >= 0.6 is 15.9 Å². The van der Waals surface area contributed by atoms with Crippen molar-refractivity contribution in [3.63, 3.8) is 0 Å². The summed E-state index contributed by atoms with van der Waals surface area (Å²) < 4.78 is 6.44. The lowest BCUT2D eigenvalue weighted by atomic mass is 10.1. The number of aliphatic hydroxyl groups is 1. The van der Waals surface area contributed by atoms with Crippen LogP contribution in [0.2, 0.25) is 0 Å². The maximum absolute atomic E-state index is 10.9. The highest BCUT2D eigenvalue weighted by atomic mass is 79.9. The van der Waals surface area contributed by atoms with Gasteiger partial charge in [0.2, 0.25) is 5.91 Å². The van der Waals surface area contributed by atoms with Gasteiger partial charge in [0.05, 0.1) is 19.1 Å². The number of hydrogen-bond donors (Lipinski definition) is 2. The second kappa shape index (κ2) is 6.02. The number of benzene rings is 1. The molecule has 0 spiro atoms. The molecule has 0 heterocycles. The van der Waals surface area contributed by atoms with Gasteiger partial charge < -0.3 is 15.6 Å². The fraction of sp³-hybridized carbons (Fsp3) is 0.417. The van der Waals surface area contributed by atoms with Crippen molar-refractivity contribution < 1.29 is 14.6 Å². The van der Waals surface area contributed by atoms with Crippen molar-refractivity contribution in [1.29, 1.82) is 0 Å². The lowest BCUT2D eigenvalue weighted by Crippen LogP contribution is -2.26. The third-order valence-corrected chi connectivity index (χ3v) is 2.91. The molecule has 1 aromatic carbocycles. The number of carbonyl (C=O) groups is 1. The quantitative estimate of drug-likeness (QED) is 0.870. The van der Waals surface area contributed by atoms with Crippen LogP contribution < -0.4 is 10.5 Å². The van der Waals surface area contributed by atoms with Crippen molar-refractivity contribution in [1.82, 2.24) is 0 Å². The minimum absolute atomic E-state index is 0.111. The van der Waals surface area contributed by atoms with Crippen LogP contribution in [-0.4, -0.2) is 17.6 Å². The highest BCUT2D eigenvalue weighted by Crippen LogP contribution is 2.28. The van der Waals surface area contributed by atoms with E-state index in [1.54, 1.807) is 13.0 Å². The number of halogens is 1. The number of carbonyl (C=O) groups excluding carboxylic acids is 1. The van der Waals surface area contributed by atoms with E-state index in [1.807, 2.05) is 13.0 Å². The zero-order valence-electron chi connectivity index (χ0n) is 9.87. The van der Waals surface area contributed by atoms with Gasteiger partial charge in [-0.15, -0.1) is 0 Å². The topological polar surface area (TPSA) is 72.6 Å². The molecule has 3 N–H and O–H groups in total. The summed E-state index contributed by atoms with van der Waals surface area (Å²) in [5, 5.41) is 9.25. The zero-order valence-corrected chi connectivity index (χ0v) is 11.5. The minimum atomic E-state index is -0.398. The van der Waals surface area contributed by atoms with Gasteiger partial charge in [0.25, 0.3) is 0 Å². The van der Waals surface area contributed by atoms with Crippen LogP contribution in [0.25, 0.3) is 0 Å². The zero-order chi connectivity index (χ0) is 13.0. The molecule has 0 saturated carbocycles. The molecule has 94 valence electrons. The highest BCUT2D eigenvalue weighted by molar-refractivity contribution is 9.10. The summed E-state index contributed by atoms with van der Waals surface area (Å²) in [5.74, 6) is -0.140. The first-order valence-corrected chi connectivity index (χ1v) is 6.07. The van der Waals surface area contributed by atoms with Gasteiger partial charge in [0.15, 0.2) is 0 Å². The molecule has 1 atom stereocenters. The Balaban J connectivity index is 2.86. The SMILES string of the molecule is Cc1cc(Br)cc(CO)c1OCC(C)C(N)=O. The van der Waals surface area contributed by atoms with E-state index in [2.05, 4.69) is 15.9 Å². The molecule has 0 aliphatic carbocycles. The summed E-state index contributed by atoms with van der Waals surface area (Å²) in [7, 11) is 0. The van der Waals surface area contributed by atoms with E-state index < -0.39 is 5.91 Å². The van der Waals surface area contributed by atoms with Crippen LogP contribution in [0.4, 0.5) is 0 Å². The summed E-state index contributed by atoms with van der Waals surface area (Å²) in [6, 6.07) is 3.68. The summed E-state index contributed by atoms with van der Waals surface area (Å²) >= 11 is 3.35. The molecule has 1 aromatic rings. The van der Waals surface area contributed by atoms with Crippen molar-refractivity contribution >= 4 is 21.8 Å². The summed E-state index contributed by atoms with van der Waals surface area (Å²) in [6.07, 6.45) is 0. The van der Waals surface area contributed by atoms with E-state index in [9.17, 15) is 9.90 Å². The van der Waals surface area contributed by atoms with E-state index in [1.165, 1.54) is 0 Å². The van der Waals surface area contributed by atoms with E-state index in [0.717, 1.165) is 10.0 Å². The standard InChI is InChI=1S/C12H16BrNO3/c1-7-3-10(13)4-9(5-15)11(7)17-6-8(2)12(14)16/h3-4,8,15H,5-6H2,1-2H3,(H2,14,16). The summed E-state index contributed by atoms with van der Waals surface area (Å²) in [5.41, 5.74) is 6.75. The Morgan fingerprint density at radius 3 is 2.76 bits per heavy atom. The van der Waals surface area contributed by atoms with Gasteiger partial charge >= 0.3 is 0 Å². The first-order chi connectivity index (χ1) is 7.95. The van der Waals surface area contributed by atoms with Gasteiger partial charge in [-0.1, -0.05) is 22.9 Å². The molecule has 0 fully saturated rings. The maximum Gasteiger partial charge on any atom is 0.223 e. The summed E-state index contributed by atoms with van der Waals surface area (Å²) in [4.78, 5) is 10.9. The Morgan fingerprint density at radius 1 is 1.59 bits per heavy atom. The van der Waals surface area contributed by atoms with Gasteiger partial charge in [0.1, 0.15) is 5.75 Å². The molecular weight excluding hydrogens is 286 g/mol. The number of rotatable bonds is 5. The smallest absolute Gasteiger partial charge is 0.223 e. The Kier molecular flexibility index (Phi) is 4.96. The molecule has 4 nitrogen and oxygen atoms in total. The number of amides is 1. The first-order valence-electron chi connectivity index (χ1n) is 5.27. The second-order valence-electron chi connectivity index (χ2n) is 3.98. The van der Waals surface area contributed by atoms with Crippen molar-refractivity contribution in [2.24, 2.45) is 11.7 Å². The Bertz CT molecular complexity index is 420. The molecule has 17 heavy (non-hydrogen) atoms. The normalized spacial score (nSPS) is 12.2.